The number of carbonyl (C=O) groups is 1. The molecule has 0 bridgehead atoms. The summed E-state index contributed by atoms with van der Waals surface area (Å²) < 4.78 is 3.81. The highest BCUT2D eigenvalue weighted by molar-refractivity contribution is 7.10. The highest BCUT2D eigenvalue weighted by atomic mass is 32.1. The molecular weight excluding hydrogens is 236 g/mol. The number of aliphatic carboxylic acids is 1. The van der Waals surface area contributed by atoms with Crippen LogP contribution in [0.5, 0.6) is 0 Å². The zero-order chi connectivity index (χ0) is 12.3. The lowest BCUT2D eigenvalue weighted by Gasteiger charge is -2.06. The average molecular weight is 246 g/mol. The molecule has 4 N–H and O–H groups in total. The molecule has 0 aliphatic carbocycles. The topological polar surface area (TPSA) is 131 Å². The maximum Gasteiger partial charge on any atom is 0.326 e. The smallest absolute Gasteiger partial charge is 0.326 e. The van der Waals surface area contributed by atoms with Gasteiger partial charge in [-0.25, -0.2) is 0 Å². The largest absolute Gasteiger partial charge is 0.480 e. The molecule has 88 valence electrons. The first-order valence-electron chi connectivity index (χ1n) is 4.26. The molecule has 0 amide bonds. The second-order valence-electron chi connectivity index (χ2n) is 3.03. The van der Waals surface area contributed by atoms with Gasteiger partial charge in [-0.15, -0.1) is 0 Å². The first-order chi connectivity index (χ1) is 7.43. The second kappa shape index (κ2) is 4.86. The lowest BCUT2D eigenvalue weighted by molar-refractivity contribution is -0.384. The minimum Gasteiger partial charge on any atom is -0.480 e. The van der Waals surface area contributed by atoms with Gasteiger partial charge in [0.05, 0.1) is 4.92 Å². The molecule has 1 rings (SSSR count). The molecular formula is C7H10N4O4S. The van der Waals surface area contributed by atoms with Gasteiger partial charge < -0.3 is 16.2 Å². The van der Waals surface area contributed by atoms with Gasteiger partial charge in [0, 0.05) is 6.54 Å². The van der Waals surface area contributed by atoms with E-state index in [1.54, 1.807) is 0 Å². The highest BCUT2D eigenvalue weighted by Crippen LogP contribution is 2.31. The number of aromatic nitrogens is 1. The van der Waals surface area contributed by atoms with Crippen LogP contribution < -0.4 is 11.1 Å². The Kier molecular flexibility index (Phi) is 3.74. The number of hydrogen-bond donors (Lipinski definition) is 3. The Hall–Kier alpha value is -1.74. The number of carboxylic acids is 1. The number of hydrogen-bond acceptors (Lipinski definition) is 7. The van der Waals surface area contributed by atoms with Crippen molar-refractivity contribution in [2.24, 2.45) is 5.73 Å². The first-order valence-corrected chi connectivity index (χ1v) is 5.03. The maximum atomic E-state index is 10.7. The molecule has 0 unspecified atom stereocenters. The average Bonchev–Trinajstić information content (AvgIpc) is 2.55. The van der Waals surface area contributed by atoms with Crippen LogP contribution in [-0.4, -0.2) is 33.0 Å². The number of nitrogens with one attached hydrogen (secondary N) is 1. The van der Waals surface area contributed by atoms with E-state index in [0.29, 0.717) is 5.69 Å². The number of carboxylic acid groups (broad SMARTS) is 1. The van der Waals surface area contributed by atoms with Crippen molar-refractivity contribution in [1.82, 2.24) is 4.37 Å². The van der Waals surface area contributed by atoms with Crippen molar-refractivity contribution < 1.29 is 14.8 Å². The summed E-state index contributed by atoms with van der Waals surface area (Å²) in [5, 5.41) is 22.0. The van der Waals surface area contributed by atoms with Crippen LogP contribution in [0.15, 0.2) is 0 Å². The lowest BCUT2D eigenvalue weighted by atomic mass is 10.3. The Bertz CT molecular complexity index is 419. The van der Waals surface area contributed by atoms with Gasteiger partial charge in [-0.2, -0.15) is 4.37 Å². The van der Waals surface area contributed by atoms with E-state index in [4.69, 9.17) is 10.8 Å². The predicted octanol–water partition coefficient (Wildman–Crippen LogP) is 0.184. The summed E-state index contributed by atoms with van der Waals surface area (Å²) in [4.78, 5) is 20.5. The zero-order valence-electron chi connectivity index (χ0n) is 8.34. The van der Waals surface area contributed by atoms with Gasteiger partial charge >= 0.3 is 11.7 Å². The molecule has 0 radical (unpaired) electrons. The molecule has 0 saturated carbocycles. The minimum absolute atomic E-state index is 0.0855. The first kappa shape index (κ1) is 12.3. The molecule has 0 saturated heterocycles. The number of nitro groups is 1. The van der Waals surface area contributed by atoms with Gasteiger partial charge in [-0.3, -0.25) is 14.9 Å². The fourth-order valence-electron chi connectivity index (χ4n) is 0.986. The third-order valence-electron chi connectivity index (χ3n) is 1.81. The van der Waals surface area contributed by atoms with Crippen LogP contribution in [0.25, 0.3) is 0 Å². The second-order valence-corrected chi connectivity index (χ2v) is 3.80. The van der Waals surface area contributed by atoms with Crippen molar-refractivity contribution in [2.75, 3.05) is 11.9 Å². The van der Waals surface area contributed by atoms with Crippen molar-refractivity contribution in [3.8, 4) is 0 Å². The standard InChI is InChI=1S/C7H10N4O4S/c1-3-5(11(14)15)6(16-10-3)9-2-4(8)7(12)13/h4,9H,2,8H2,1H3,(H,12,13)/t4-/m0/s1. The summed E-state index contributed by atoms with van der Waals surface area (Å²) in [6, 6.07) is -1.11. The molecule has 0 aromatic carbocycles. The van der Waals surface area contributed by atoms with Gasteiger partial charge in [0.1, 0.15) is 11.7 Å². The molecule has 1 aromatic rings. The highest BCUT2D eigenvalue weighted by Gasteiger charge is 2.22. The molecule has 1 aromatic heterocycles. The number of rotatable bonds is 5. The SMILES string of the molecule is Cc1nsc(NC[C@H](N)C(=O)O)c1[N+](=O)[O-]. The normalized spacial score (nSPS) is 12.1. The summed E-state index contributed by atoms with van der Waals surface area (Å²) in [6.07, 6.45) is 0. The van der Waals surface area contributed by atoms with Crippen molar-refractivity contribution >= 4 is 28.2 Å². The molecule has 9 heteroatoms. The van der Waals surface area contributed by atoms with Crippen LogP contribution >= 0.6 is 11.5 Å². The van der Waals surface area contributed by atoms with E-state index < -0.39 is 16.9 Å². The minimum atomic E-state index is -1.17. The third-order valence-corrected chi connectivity index (χ3v) is 2.70. The number of aryl methyl sites for hydroxylation is 1. The Balaban J connectivity index is 2.75. The quantitative estimate of drug-likeness (QED) is 0.498. The number of nitrogens with two attached hydrogens (primary N) is 1. The Morgan fingerprint density at radius 3 is 2.94 bits per heavy atom. The van der Waals surface area contributed by atoms with Crippen LogP contribution in [0.3, 0.4) is 0 Å². The van der Waals surface area contributed by atoms with E-state index in [0.717, 1.165) is 11.5 Å². The molecule has 1 heterocycles. The summed E-state index contributed by atoms with van der Waals surface area (Å²) >= 11 is 0.907. The number of nitrogens with zero attached hydrogens (tertiary/aromatic N) is 2. The van der Waals surface area contributed by atoms with Crippen LogP contribution in [-0.2, 0) is 4.79 Å². The van der Waals surface area contributed by atoms with E-state index in [9.17, 15) is 14.9 Å². The van der Waals surface area contributed by atoms with Crippen LogP contribution in [0.1, 0.15) is 5.69 Å². The molecule has 0 aliphatic rings. The Morgan fingerprint density at radius 2 is 2.44 bits per heavy atom. The summed E-state index contributed by atoms with van der Waals surface area (Å²) in [5.41, 5.74) is 5.41. The van der Waals surface area contributed by atoms with Crippen LogP contribution in [0.2, 0.25) is 0 Å². The Morgan fingerprint density at radius 1 is 1.81 bits per heavy atom. The van der Waals surface area contributed by atoms with Gasteiger partial charge in [0.2, 0.25) is 0 Å². The predicted molar refractivity (Wildman–Crippen MR) is 57.6 cm³/mol. The van der Waals surface area contributed by atoms with Gasteiger partial charge in [-0.1, -0.05) is 0 Å². The van der Waals surface area contributed by atoms with E-state index in [2.05, 4.69) is 9.69 Å². The van der Waals surface area contributed by atoms with Crippen LogP contribution in [0, 0.1) is 17.0 Å². The molecule has 1 atom stereocenters. The van der Waals surface area contributed by atoms with Crippen molar-refractivity contribution in [1.29, 1.82) is 0 Å². The Labute approximate surface area is 94.4 Å². The molecule has 8 nitrogen and oxygen atoms in total. The monoisotopic (exact) mass is 246 g/mol. The summed E-state index contributed by atoms with van der Waals surface area (Å²) in [5.74, 6) is -1.17. The van der Waals surface area contributed by atoms with E-state index >= 15 is 0 Å². The van der Waals surface area contributed by atoms with E-state index in [1.165, 1.54) is 6.92 Å². The van der Waals surface area contributed by atoms with Gasteiger partial charge in [-0.05, 0) is 18.5 Å². The van der Waals surface area contributed by atoms with E-state index in [-0.39, 0.29) is 17.2 Å². The molecule has 0 fully saturated rings. The number of anilines is 1. The van der Waals surface area contributed by atoms with Crippen molar-refractivity contribution in [3.05, 3.63) is 15.8 Å². The van der Waals surface area contributed by atoms with Crippen molar-refractivity contribution in [2.45, 2.75) is 13.0 Å². The lowest BCUT2D eigenvalue weighted by Crippen LogP contribution is -2.36. The maximum absolute atomic E-state index is 10.7. The molecule has 0 spiro atoms. The third kappa shape index (κ3) is 2.64. The van der Waals surface area contributed by atoms with Crippen molar-refractivity contribution in [3.63, 3.8) is 0 Å². The zero-order valence-corrected chi connectivity index (χ0v) is 9.15. The fraction of sp³-hybridized carbons (Fsp3) is 0.429. The van der Waals surface area contributed by atoms with E-state index in [1.807, 2.05) is 0 Å². The van der Waals surface area contributed by atoms with Gasteiger partial charge in [0.15, 0.2) is 5.00 Å². The summed E-state index contributed by atoms with van der Waals surface area (Å²) in [7, 11) is 0. The summed E-state index contributed by atoms with van der Waals surface area (Å²) in [6.45, 7) is 1.43. The van der Waals surface area contributed by atoms with Crippen LogP contribution in [0.4, 0.5) is 10.7 Å². The fourth-order valence-corrected chi connectivity index (χ4v) is 1.76. The van der Waals surface area contributed by atoms with Gasteiger partial charge in [0.25, 0.3) is 0 Å². The molecule has 16 heavy (non-hydrogen) atoms. The molecule has 0 aliphatic heterocycles.